The third-order valence-corrected chi connectivity index (χ3v) is 5.03. The van der Waals surface area contributed by atoms with Crippen molar-refractivity contribution in [3.8, 4) is 0 Å². The smallest absolute Gasteiger partial charge is 0.351 e. The van der Waals surface area contributed by atoms with E-state index < -0.39 is 54.6 Å². The molecule has 164 valence electrons. The number of ether oxygens (including phenoxy) is 3. The molecule has 0 spiro atoms. The fourth-order valence-electron chi connectivity index (χ4n) is 2.77. The van der Waals surface area contributed by atoms with E-state index in [4.69, 9.17) is 31.5 Å². The molecular weight excluding hydrogens is 409 g/mol. The number of carbonyl (C=O) groups excluding carboxylic acids is 1. The van der Waals surface area contributed by atoms with Gasteiger partial charge in [0.15, 0.2) is 18.7 Å². The number of aliphatic hydroxyl groups is 1. The second-order valence-corrected chi connectivity index (χ2v) is 7.91. The van der Waals surface area contributed by atoms with Crippen molar-refractivity contribution in [2.75, 3.05) is 18.2 Å². The van der Waals surface area contributed by atoms with Crippen molar-refractivity contribution in [1.29, 1.82) is 0 Å². The van der Waals surface area contributed by atoms with Gasteiger partial charge in [-0.3, -0.25) is 9.36 Å². The Morgan fingerprint density at radius 2 is 2.14 bits per heavy atom. The average molecular weight is 436 g/mol. The van der Waals surface area contributed by atoms with Crippen LogP contribution in [0.1, 0.15) is 33.9 Å². The lowest BCUT2D eigenvalue weighted by Gasteiger charge is -2.33. The second-order valence-electron chi connectivity index (χ2n) is 7.65. The zero-order chi connectivity index (χ0) is 21.9. The molecule has 0 radical (unpaired) electrons. The fraction of sp³-hybridized carbons (Fsp3) is 0.722. The Morgan fingerprint density at radius 1 is 1.48 bits per heavy atom. The average Bonchev–Trinajstić information content (AvgIpc) is 2.92. The molecule has 0 aliphatic carbocycles. The van der Waals surface area contributed by atoms with E-state index in [1.54, 1.807) is 27.7 Å². The molecule has 1 aromatic rings. The number of anilines is 1. The molecule has 0 bridgehead atoms. The Hall–Kier alpha value is -1.75. The highest BCUT2D eigenvalue weighted by atomic mass is 35.5. The number of rotatable bonds is 8. The normalized spacial score (nSPS) is 28.1. The number of esters is 1. The van der Waals surface area contributed by atoms with Crippen LogP contribution in [0.25, 0.3) is 0 Å². The van der Waals surface area contributed by atoms with E-state index in [0.29, 0.717) is 0 Å². The molecule has 3 N–H and O–H groups in total. The quantitative estimate of drug-likeness (QED) is 0.354. The van der Waals surface area contributed by atoms with E-state index in [0.717, 1.165) is 4.57 Å². The lowest BCUT2D eigenvalue weighted by Crippen LogP contribution is -2.51. The van der Waals surface area contributed by atoms with Crippen molar-refractivity contribution < 1.29 is 28.5 Å². The summed E-state index contributed by atoms with van der Waals surface area (Å²) in [5, 5.41) is 10.2. The van der Waals surface area contributed by atoms with Crippen LogP contribution in [0, 0.1) is 11.8 Å². The minimum absolute atomic E-state index is 0.0304. The Morgan fingerprint density at radius 3 is 2.66 bits per heavy atom. The number of aliphatic hydroxyl groups excluding tert-OH is 1. The highest BCUT2D eigenvalue weighted by molar-refractivity contribution is 6.18. The molecule has 2 rings (SSSR count). The maximum atomic E-state index is 15.4. The van der Waals surface area contributed by atoms with Gasteiger partial charge in [0.1, 0.15) is 24.1 Å². The molecule has 1 aliphatic heterocycles. The molecule has 2 heterocycles. The molecule has 1 aromatic heterocycles. The number of aromatic nitrogens is 2. The van der Waals surface area contributed by atoms with Gasteiger partial charge in [0.25, 0.3) is 0 Å². The van der Waals surface area contributed by atoms with Crippen molar-refractivity contribution in [1.82, 2.24) is 9.55 Å². The van der Waals surface area contributed by atoms with Crippen molar-refractivity contribution in [3.05, 3.63) is 22.7 Å². The summed E-state index contributed by atoms with van der Waals surface area (Å²) in [5.74, 6) is -1.66. The van der Waals surface area contributed by atoms with Crippen LogP contribution in [0.3, 0.4) is 0 Å². The van der Waals surface area contributed by atoms with E-state index in [-0.39, 0.29) is 17.6 Å². The molecular formula is C18H27ClFN3O6. The number of nitrogen functional groups attached to an aromatic ring is 1. The zero-order valence-corrected chi connectivity index (χ0v) is 17.5. The highest BCUT2D eigenvalue weighted by Gasteiger charge is 2.59. The van der Waals surface area contributed by atoms with E-state index >= 15 is 4.39 Å². The first kappa shape index (κ1) is 23.5. The first-order chi connectivity index (χ1) is 13.5. The Balaban J connectivity index is 2.40. The van der Waals surface area contributed by atoms with Gasteiger partial charge in [-0.1, -0.05) is 27.7 Å². The molecule has 0 aromatic carbocycles. The number of hydrogen-bond acceptors (Lipinski definition) is 8. The number of nitrogens with zero attached hydrogens (tertiary/aromatic N) is 2. The van der Waals surface area contributed by atoms with E-state index in [2.05, 4.69) is 4.98 Å². The molecule has 11 heteroatoms. The third-order valence-electron chi connectivity index (χ3n) is 4.57. The summed E-state index contributed by atoms with van der Waals surface area (Å²) in [5.41, 5.74) is 3.02. The third kappa shape index (κ3) is 5.06. The van der Waals surface area contributed by atoms with Gasteiger partial charge in [-0.05, 0) is 6.07 Å². The first-order valence-corrected chi connectivity index (χ1v) is 9.78. The van der Waals surface area contributed by atoms with Gasteiger partial charge in [0, 0.05) is 12.1 Å². The van der Waals surface area contributed by atoms with Crippen molar-refractivity contribution in [2.45, 2.75) is 58.1 Å². The van der Waals surface area contributed by atoms with Crippen LogP contribution in [-0.2, 0) is 19.0 Å². The van der Waals surface area contributed by atoms with Gasteiger partial charge in [-0.25, -0.2) is 9.18 Å². The van der Waals surface area contributed by atoms with Crippen LogP contribution < -0.4 is 11.4 Å². The van der Waals surface area contributed by atoms with Crippen LogP contribution >= 0.6 is 11.6 Å². The van der Waals surface area contributed by atoms with E-state index in [1.807, 2.05) is 0 Å². The second kappa shape index (κ2) is 9.38. The Labute approximate surface area is 172 Å². The molecule has 1 fully saturated rings. The standard InChI is InChI=1S/C18H27ClFN3O6/c1-9(2)15(24)27-8-18(7-19)13(28-16(25)10(3)4)12(20)14(29-18)23-6-5-11(21)22-17(23)26/h5-6,9-10,12-14,16,25H,7-8H2,1-4H3,(H2,21,22,26)/t12-,13+,14-,16?,18-/m1/s1. The molecule has 29 heavy (non-hydrogen) atoms. The topological polar surface area (TPSA) is 126 Å². The minimum atomic E-state index is -1.91. The van der Waals surface area contributed by atoms with Crippen LogP contribution in [-0.4, -0.2) is 57.3 Å². The van der Waals surface area contributed by atoms with Gasteiger partial charge >= 0.3 is 11.7 Å². The molecule has 1 saturated heterocycles. The maximum Gasteiger partial charge on any atom is 0.351 e. The van der Waals surface area contributed by atoms with Gasteiger partial charge < -0.3 is 25.1 Å². The summed E-state index contributed by atoms with van der Waals surface area (Å²) < 4.78 is 32.9. The number of nitrogens with two attached hydrogens (primary N) is 1. The van der Waals surface area contributed by atoms with Crippen LogP contribution in [0.4, 0.5) is 10.2 Å². The number of alkyl halides is 2. The van der Waals surface area contributed by atoms with Crippen LogP contribution in [0.5, 0.6) is 0 Å². The number of hydrogen-bond donors (Lipinski definition) is 2. The molecule has 1 aliphatic rings. The van der Waals surface area contributed by atoms with Crippen molar-refractivity contribution >= 4 is 23.4 Å². The Bertz CT molecular complexity index is 776. The van der Waals surface area contributed by atoms with E-state index in [9.17, 15) is 14.7 Å². The maximum absolute atomic E-state index is 15.4. The monoisotopic (exact) mass is 435 g/mol. The summed E-state index contributed by atoms with van der Waals surface area (Å²) in [6.07, 6.45) is -4.88. The summed E-state index contributed by atoms with van der Waals surface area (Å²) in [7, 11) is 0. The minimum Gasteiger partial charge on any atom is -0.462 e. The molecule has 5 atom stereocenters. The van der Waals surface area contributed by atoms with Crippen molar-refractivity contribution in [3.63, 3.8) is 0 Å². The van der Waals surface area contributed by atoms with Gasteiger partial charge in [0.2, 0.25) is 0 Å². The highest BCUT2D eigenvalue weighted by Crippen LogP contribution is 2.42. The van der Waals surface area contributed by atoms with Crippen LogP contribution in [0.15, 0.2) is 17.1 Å². The van der Waals surface area contributed by atoms with Gasteiger partial charge in [-0.15, -0.1) is 11.6 Å². The summed E-state index contributed by atoms with van der Waals surface area (Å²) in [4.78, 5) is 27.7. The summed E-state index contributed by atoms with van der Waals surface area (Å²) in [6, 6.07) is 1.32. The molecule has 0 saturated carbocycles. The fourth-order valence-corrected chi connectivity index (χ4v) is 3.06. The Kier molecular flexibility index (Phi) is 7.61. The summed E-state index contributed by atoms with van der Waals surface area (Å²) >= 11 is 6.10. The predicted octanol–water partition coefficient (Wildman–Crippen LogP) is 1.23. The molecule has 0 amide bonds. The van der Waals surface area contributed by atoms with Crippen LogP contribution in [0.2, 0.25) is 0 Å². The van der Waals surface area contributed by atoms with Gasteiger partial charge in [0.05, 0.1) is 11.8 Å². The lowest BCUT2D eigenvalue weighted by molar-refractivity contribution is -0.210. The predicted molar refractivity (Wildman–Crippen MR) is 103 cm³/mol. The largest absolute Gasteiger partial charge is 0.462 e. The molecule has 1 unspecified atom stereocenters. The SMILES string of the molecule is CC(C)C(=O)OC[C@@]1(CCl)O[C@@H](n2ccc(N)nc2=O)[C@H](F)[C@@H]1OC(O)C(C)C. The number of halogens is 2. The zero-order valence-electron chi connectivity index (χ0n) is 16.7. The van der Waals surface area contributed by atoms with E-state index in [1.165, 1.54) is 12.3 Å². The first-order valence-electron chi connectivity index (χ1n) is 9.25. The summed E-state index contributed by atoms with van der Waals surface area (Å²) in [6.45, 7) is 6.22. The van der Waals surface area contributed by atoms with Crippen molar-refractivity contribution in [2.24, 2.45) is 11.8 Å². The number of carbonyl (C=O) groups is 1. The lowest BCUT2D eigenvalue weighted by atomic mass is 9.98. The van der Waals surface area contributed by atoms with Gasteiger partial charge in [-0.2, -0.15) is 4.98 Å². The molecule has 9 nitrogen and oxygen atoms in total.